The molecule has 0 spiro atoms. The molecule has 5 nitrogen and oxygen atoms in total. The van der Waals surface area contributed by atoms with Gasteiger partial charge in [-0.25, -0.2) is 0 Å². The number of nitrogens with one attached hydrogen (secondary N) is 1. The van der Waals surface area contributed by atoms with Crippen LogP contribution in [0.1, 0.15) is 52.2 Å². The first-order chi connectivity index (χ1) is 14.1. The van der Waals surface area contributed by atoms with E-state index in [0.717, 1.165) is 38.0 Å². The molecule has 150 valence electrons. The monoisotopic (exact) mass is 427 g/mol. The normalized spacial score (nSPS) is 21.4. The van der Waals surface area contributed by atoms with Crippen molar-refractivity contribution in [1.29, 1.82) is 5.26 Å². The van der Waals surface area contributed by atoms with E-state index >= 15 is 0 Å². The molecule has 0 aromatic heterocycles. The van der Waals surface area contributed by atoms with Gasteiger partial charge in [0, 0.05) is 18.5 Å². The third-order valence-electron chi connectivity index (χ3n) is 6.25. The van der Waals surface area contributed by atoms with Crippen molar-refractivity contribution in [1.82, 2.24) is 10.2 Å². The largest absolute Gasteiger partial charge is 1.00 e. The molecule has 2 aromatic carbocycles. The van der Waals surface area contributed by atoms with Gasteiger partial charge < -0.3 is 15.2 Å². The molecular formula is C24H26KN3O2. The molecule has 2 unspecified atom stereocenters. The van der Waals surface area contributed by atoms with Crippen LogP contribution in [-0.4, -0.2) is 36.5 Å². The van der Waals surface area contributed by atoms with Gasteiger partial charge in [0.25, 0.3) is 0 Å². The SMILES string of the molecule is N#Cc1cc(C(=O)[O-])ccc1CN1CCC(CNC2CC2c2ccccc2)CC1.[K+]. The quantitative estimate of drug-likeness (QED) is 0.591. The van der Waals surface area contributed by atoms with Crippen LogP contribution < -0.4 is 61.8 Å². The van der Waals surface area contributed by atoms with Crippen LogP contribution in [0.2, 0.25) is 0 Å². The predicted octanol–water partition coefficient (Wildman–Crippen LogP) is -0.717. The number of rotatable bonds is 7. The van der Waals surface area contributed by atoms with E-state index in [1.54, 1.807) is 6.07 Å². The van der Waals surface area contributed by atoms with Crippen LogP contribution in [0.3, 0.4) is 0 Å². The van der Waals surface area contributed by atoms with Gasteiger partial charge in [-0.3, -0.25) is 4.90 Å². The Bertz CT molecular complexity index is 904. The standard InChI is InChI=1S/C24H27N3O2.K/c25-14-21-12-19(24(28)29)6-7-20(21)16-27-10-8-17(9-11-27)15-26-23-13-22(23)18-4-2-1-3-5-18;/h1-7,12,17,22-23,26H,8-11,13,15-16H2,(H,28,29);/q;+1/p-1. The number of aromatic carboxylic acids is 1. The summed E-state index contributed by atoms with van der Waals surface area (Å²) in [5.74, 6) is 0.121. The molecule has 0 amide bonds. The van der Waals surface area contributed by atoms with Crippen molar-refractivity contribution in [2.24, 2.45) is 5.92 Å². The van der Waals surface area contributed by atoms with Gasteiger partial charge in [-0.05, 0) is 67.6 Å². The number of carboxylic acid groups (broad SMARTS) is 1. The summed E-state index contributed by atoms with van der Waals surface area (Å²) in [6, 6.07) is 18.2. The molecule has 1 aliphatic heterocycles. The summed E-state index contributed by atoms with van der Waals surface area (Å²) in [5.41, 5.74) is 2.82. The number of nitrogens with zero attached hydrogens (tertiary/aromatic N) is 2. The van der Waals surface area contributed by atoms with E-state index in [0.29, 0.717) is 30.0 Å². The van der Waals surface area contributed by atoms with Crippen LogP contribution in [0, 0.1) is 17.2 Å². The van der Waals surface area contributed by atoms with Gasteiger partial charge in [0.1, 0.15) is 0 Å². The molecule has 0 radical (unpaired) electrons. The molecule has 2 atom stereocenters. The topological polar surface area (TPSA) is 79.2 Å². The second kappa shape index (κ2) is 11.0. The second-order valence-electron chi connectivity index (χ2n) is 8.26. The molecule has 30 heavy (non-hydrogen) atoms. The number of carboxylic acids is 1. The first-order valence-electron chi connectivity index (χ1n) is 10.4. The zero-order valence-electron chi connectivity index (χ0n) is 17.5. The maximum atomic E-state index is 11.0. The van der Waals surface area contributed by atoms with Crippen LogP contribution in [-0.2, 0) is 6.54 Å². The average Bonchev–Trinajstić information content (AvgIpc) is 3.54. The third-order valence-corrected chi connectivity index (χ3v) is 6.25. The molecule has 1 heterocycles. The van der Waals surface area contributed by atoms with E-state index in [1.807, 2.05) is 0 Å². The first kappa shape index (κ1) is 23.6. The average molecular weight is 428 g/mol. The minimum absolute atomic E-state index is 0. The van der Waals surface area contributed by atoms with E-state index in [2.05, 4.69) is 46.6 Å². The van der Waals surface area contributed by atoms with Crippen molar-refractivity contribution in [2.45, 2.75) is 37.8 Å². The van der Waals surface area contributed by atoms with Crippen molar-refractivity contribution in [3.8, 4) is 6.07 Å². The van der Waals surface area contributed by atoms with Crippen molar-refractivity contribution < 1.29 is 61.3 Å². The molecule has 2 aliphatic rings. The van der Waals surface area contributed by atoms with E-state index in [4.69, 9.17) is 0 Å². The molecule has 1 saturated heterocycles. The predicted molar refractivity (Wildman–Crippen MR) is 109 cm³/mol. The summed E-state index contributed by atoms with van der Waals surface area (Å²) >= 11 is 0. The van der Waals surface area contributed by atoms with E-state index < -0.39 is 5.97 Å². The fourth-order valence-electron chi connectivity index (χ4n) is 4.34. The Hall–Kier alpha value is -1.04. The van der Waals surface area contributed by atoms with Crippen LogP contribution in [0.25, 0.3) is 0 Å². The molecule has 6 heteroatoms. The number of hydrogen-bond donors (Lipinski definition) is 1. The Kier molecular flexibility index (Phi) is 8.67. The molecule has 1 N–H and O–H groups in total. The fraction of sp³-hybridized carbons (Fsp3) is 0.417. The van der Waals surface area contributed by atoms with E-state index in [1.165, 1.54) is 24.1 Å². The number of likely N-dealkylation sites (tertiary alicyclic amines) is 1. The number of piperidine rings is 1. The number of benzene rings is 2. The van der Waals surface area contributed by atoms with Gasteiger partial charge >= 0.3 is 51.4 Å². The smallest absolute Gasteiger partial charge is 0.545 e. The van der Waals surface area contributed by atoms with Gasteiger partial charge in [0.05, 0.1) is 17.6 Å². The molecular weight excluding hydrogens is 401 g/mol. The maximum absolute atomic E-state index is 11.0. The Balaban J connectivity index is 0.00000256. The Labute approximate surface area is 220 Å². The summed E-state index contributed by atoms with van der Waals surface area (Å²) < 4.78 is 0. The Morgan fingerprint density at radius 3 is 2.57 bits per heavy atom. The molecule has 1 saturated carbocycles. The van der Waals surface area contributed by atoms with Crippen molar-refractivity contribution in [2.75, 3.05) is 19.6 Å². The molecule has 4 rings (SSSR count). The molecule has 0 bridgehead atoms. The van der Waals surface area contributed by atoms with Gasteiger partial charge in [-0.15, -0.1) is 0 Å². The fourth-order valence-corrected chi connectivity index (χ4v) is 4.34. The zero-order valence-corrected chi connectivity index (χ0v) is 20.6. The summed E-state index contributed by atoms with van der Waals surface area (Å²) in [6.07, 6.45) is 3.53. The van der Waals surface area contributed by atoms with Crippen molar-refractivity contribution in [3.63, 3.8) is 0 Å². The number of hydrogen-bond acceptors (Lipinski definition) is 5. The van der Waals surface area contributed by atoms with Gasteiger partial charge in [-0.1, -0.05) is 42.5 Å². The number of carbonyl (C=O) groups excluding carboxylic acids is 1. The van der Waals surface area contributed by atoms with Crippen molar-refractivity contribution in [3.05, 3.63) is 70.8 Å². The molecule has 1 aliphatic carbocycles. The van der Waals surface area contributed by atoms with Crippen LogP contribution in [0.4, 0.5) is 0 Å². The summed E-state index contributed by atoms with van der Waals surface area (Å²) in [7, 11) is 0. The number of carbonyl (C=O) groups is 1. The van der Waals surface area contributed by atoms with Crippen LogP contribution in [0.5, 0.6) is 0 Å². The molecule has 2 aromatic rings. The van der Waals surface area contributed by atoms with Gasteiger partial charge in [0.2, 0.25) is 0 Å². The van der Waals surface area contributed by atoms with E-state index in [9.17, 15) is 15.2 Å². The number of nitriles is 1. The minimum atomic E-state index is -1.24. The third kappa shape index (κ3) is 6.01. The van der Waals surface area contributed by atoms with Crippen molar-refractivity contribution >= 4 is 5.97 Å². The summed E-state index contributed by atoms with van der Waals surface area (Å²) in [6.45, 7) is 3.78. The van der Waals surface area contributed by atoms with E-state index in [-0.39, 0.29) is 56.9 Å². The zero-order chi connectivity index (χ0) is 20.2. The van der Waals surface area contributed by atoms with Gasteiger partial charge in [0.15, 0.2) is 0 Å². The van der Waals surface area contributed by atoms with Crippen LogP contribution >= 0.6 is 0 Å². The first-order valence-corrected chi connectivity index (χ1v) is 10.4. The van der Waals surface area contributed by atoms with Crippen LogP contribution in [0.15, 0.2) is 48.5 Å². The summed E-state index contributed by atoms with van der Waals surface area (Å²) in [5, 5.41) is 24.1. The maximum Gasteiger partial charge on any atom is 1.00 e. The second-order valence-corrected chi connectivity index (χ2v) is 8.26. The summed E-state index contributed by atoms with van der Waals surface area (Å²) in [4.78, 5) is 13.3. The molecule has 2 fully saturated rings. The minimum Gasteiger partial charge on any atom is -0.545 e. The Morgan fingerprint density at radius 2 is 1.90 bits per heavy atom. The van der Waals surface area contributed by atoms with Gasteiger partial charge in [-0.2, -0.15) is 5.26 Å². The Morgan fingerprint density at radius 1 is 1.17 bits per heavy atom.